The molecule has 4 aromatic rings. The summed E-state index contributed by atoms with van der Waals surface area (Å²) in [5.74, 6) is 0. The summed E-state index contributed by atoms with van der Waals surface area (Å²) < 4.78 is 0. The Morgan fingerprint density at radius 2 is 0.821 bits per heavy atom. The fraction of sp³-hybridized carbons (Fsp3) is 0.278. The van der Waals surface area contributed by atoms with Gasteiger partial charge in [-0.15, -0.1) is 0 Å². The van der Waals surface area contributed by atoms with Crippen molar-refractivity contribution in [1.82, 2.24) is 0 Å². The van der Waals surface area contributed by atoms with Crippen LogP contribution in [0.1, 0.15) is 75.9 Å². The summed E-state index contributed by atoms with van der Waals surface area (Å²) in [6.07, 6.45) is 2.99. The molecule has 0 unspecified atom stereocenters. The van der Waals surface area contributed by atoms with E-state index in [-0.39, 0.29) is 22.9 Å². The summed E-state index contributed by atoms with van der Waals surface area (Å²) in [4.78, 5) is 14.6. The molecule has 0 aromatic heterocycles. The van der Waals surface area contributed by atoms with Crippen LogP contribution >= 0.6 is 0 Å². The molecule has 0 aliphatic carbocycles. The van der Waals surface area contributed by atoms with Crippen molar-refractivity contribution in [2.24, 2.45) is 21.6 Å². The fourth-order valence-electron chi connectivity index (χ4n) is 3.45. The molecule has 0 aliphatic rings. The third-order valence-corrected chi connectivity index (χ3v) is 5.51. The predicted octanol–water partition coefficient (Wildman–Crippen LogP) is 8.86. The second-order valence-electron chi connectivity index (χ2n) is 11.7. The van der Waals surface area contributed by atoms with E-state index < -0.39 is 0 Å². The third kappa shape index (κ3) is 12.5. The van der Waals surface area contributed by atoms with Crippen LogP contribution in [-0.2, 0) is 4.79 Å². The van der Waals surface area contributed by atoms with E-state index in [1.165, 1.54) is 11.1 Å². The Balaban J connectivity index is 0.000000234. The van der Waals surface area contributed by atoms with Gasteiger partial charge >= 0.3 is 0 Å². The molecule has 2 N–H and O–H groups in total. The molecule has 0 fully saturated rings. The Labute approximate surface area is 235 Å². The van der Waals surface area contributed by atoms with Crippen LogP contribution in [0.3, 0.4) is 0 Å². The minimum Gasteiger partial charge on any atom is -0.320 e. The molecule has 3 nitrogen and oxygen atoms in total. The van der Waals surface area contributed by atoms with Crippen LogP contribution in [0, 0.1) is 10.8 Å². The number of nitrogens with two attached hydrogens (primary N) is 1. The van der Waals surface area contributed by atoms with E-state index in [2.05, 4.69) is 99.8 Å². The van der Waals surface area contributed by atoms with Gasteiger partial charge in [-0.05, 0) is 27.7 Å². The molecule has 0 saturated heterocycles. The first-order chi connectivity index (χ1) is 18.5. The number of hydrogen-bond donors (Lipinski definition) is 1. The maximum Gasteiger partial charge on any atom is 0.125 e. The number of carbonyl (C=O) groups excluding carboxylic acids is 1. The van der Waals surface area contributed by atoms with Gasteiger partial charge in [0, 0.05) is 11.6 Å². The van der Waals surface area contributed by atoms with E-state index in [4.69, 9.17) is 10.7 Å². The Kier molecular flexibility index (Phi) is 12.5. The molecule has 0 saturated carbocycles. The van der Waals surface area contributed by atoms with Crippen LogP contribution < -0.4 is 5.73 Å². The van der Waals surface area contributed by atoms with Gasteiger partial charge < -0.3 is 10.5 Å². The molecule has 4 rings (SSSR count). The van der Waals surface area contributed by atoms with Gasteiger partial charge in [0.15, 0.2) is 0 Å². The fourth-order valence-corrected chi connectivity index (χ4v) is 3.45. The normalized spacial score (nSPS) is 11.4. The van der Waals surface area contributed by atoms with Gasteiger partial charge in [-0.1, -0.05) is 163 Å². The van der Waals surface area contributed by atoms with Crippen LogP contribution in [0.25, 0.3) is 0 Å². The zero-order valence-corrected chi connectivity index (χ0v) is 24.3. The van der Waals surface area contributed by atoms with Crippen LogP contribution in [0.2, 0.25) is 0 Å². The molecule has 0 bridgehead atoms. The zero-order valence-electron chi connectivity index (χ0n) is 24.3. The minimum atomic E-state index is -0.139. The number of carbonyl (C=O) groups is 1. The van der Waals surface area contributed by atoms with Crippen molar-refractivity contribution >= 4 is 12.5 Å². The molecule has 0 amide bonds. The SMILES string of the molecule is CC(C)(C)C=NC(c1ccccc1)c1ccccc1.CC(C)(C)C=O.NC(c1ccccc1)c1ccccc1. The standard InChI is InChI=1S/C18H21N.C13H13N.C5H10O/c1-18(2,3)14-19-17(15-10-6-4-7-11-15)16-12-8-5-9-13-16;14-13(11-7-3-1-4-8-11)12-9-5-2-6-10-12;1-5(2,3)4-6/h4-14,17H,1-3H3;1-10,13H,14H2;4H,1-3H3. The Morgan fingerprint density at radius 3 is 1.08 bits per heavy atom. The molecule has 0 atom stereocenters. The first kappa shape index (κ1) is 31.4. The van der Waals surface area contributed by atoms with Crippen molar-refractivity contribution in [3.63, 3.8) is 0 Å². The summed E-state index contributed by atoms with van der Waals surface area (Å²) >= 11 is 0. The van der Waals surface area contributed by atoms with Gasteiger partial charge in [-0.25, -0.2) is 0 Å². The van der Waals surface area contributed by atoms with Crippen molar-refractivity contribution in [2.75, 3.05) is 0 Å². The molecule has 0 aliphatic heterocycles. The molecule has 0 spiro atoms. The highest BCUT2D eigenvalue weighted by molar-refractivity contribution is 5.65. The maximum atomic E-state index is 9.83. The van der Waals surface area contributed by atoms with Gasteiger partial charge in [-0.3, -0.25) is 4.99 Å². The van der Waals surface area contributed by atoms with Crippen molar-refractivity contribution in [2.45, 2.75) is 53.6 Å². The summed E-state index contributed by atoms with van der Waals surface area (Å²) in [6.45, 7) is 12.1. The quantitative estimate of drug-likeness (QED) is 0.211. The lowest BCUT2D eigenvalue weighted by atomic mass is 9.96. The smallest absolute Gasteiger partial charge is 0.125 e. The van der Waals surface area contributed by atoms with E-state index in [0.717, 1.165) is 17.4 Å². The van der Waals surface area contributed by atoms with Gasteiger partial charge in [0.05, 0.1) is 12.1 Å². The van der Waals surface area contributed by atoms with E-state index in [9.17, 15) is 4.79 Å². The van der Waals surface area contributed by atoms with Crippen molar-refractivity contribution in [3.8, 4) is 0 Å². The Hall–Kier alpha value is -3.82. The second kappa shape index (κ2) is 15.6. The van der Waals surface area contributed by atoms with Gasteiger partial charge in [0.1, 0.15) is 6.29 Å². The van der Waals surface area contributed by atoms with Crippen LogP contribution in [0.5, 0.6) is 0 Å². The van der Waals surface area contributed by atoms with Gasteiger partial charge in [0.25, 0.3) is 0 Å². The summed E-state index contributed by atoms with van der Waals surface area (Å²) in [6, 6.07) is 41.2. The van der Waals surface area contributed by atoms with Crippen LogP contribution in [0.15, 0.2) is 126 Å². The van der Waals surface area contributed by atoms with Crippen molar-refractivity contribution in [1.29, 1.82) is 0 Å². The number of aliphatic imine (C=N–C) groups is 1. The largest absolute Gasteiger partial charge is 0.320 e. The monoisotopic (exact) mass is 520 g/mol. The van der Waals surface area contributed by atoms with E-state index in [1.807, 2.05) is 69.3 Å². The average Bonchev–Trinajstić information content (AvgIpc) is 2.95. The molecule has 0 heterocycles. The topological polar surface area (TPSA) is 55.5 Å². The molecule has 39 heavy (non-hydrogen) atoms. The minimum absolute atomic E-state index is 0.0163. The van der Waals surface area contributed by atoms with Crippen LogP contribution in [-0.4, -0.2) is 12.5 Å². The highest BCUT2D eigenvalue weighted by Crippen LogP contribution is 2.26. The van der Waals surface area contributed by atoms with E-state index in [1.54, 1.807) is 0 Å². The molecular weight excluding hydrogens is 476 g/mol. The van der Waals surface area contributed by atoms with Gasteiger partial charge in [-0.2, -0.15) is 0 Å². The highest BCUT2D eigenvalue weighted by atomic mass is 16.1. The molecular formula is C36H44N2O. The number of hydrogen-bond acceptors (Lipinski definition) is 3. The number of aldehydes is 1. The lowest BCUT2D eigenvalue weighted by molar-refractivity contribution is -0.113. The summed E-state index contributed by atoms with van der Waals surface area (Å²) in [5.41, 5.74) is 10.8. The van der Waals surface area contributed by atoms with Crippen LogP contribution in [0.4, 0.5) is 0 Å². The van der Waals surface area contributed by atoms with Crippen molar-refractivity contribution < 1.29 is 4.79 Å². The summed E-state index contributed by atoms with van der Waals surface area (Å²) in [5, 5.41) is 0. The number of nitrogens with zero attached hydrogens (tertiary/aromatic N) is 1. The van der Waals surface area contributed by atoms with E-state index >= 15 is 0 Å². The zero-order chi connectivity index (χ0) is 28.7. The molecule has 0 radical (unpaired) electrons. The second-order valence-corrected chi connectivity index (χ2v) is 11.7. The first-order valence-corrected chi connectivity index (χ1v) is 13.5. The third-order valence-electron chi connectivity index (χ3n) is 5.51. The Bertz CT molecular complexity index is 1140. The molecule has 204 valence electrons. The van der Waals surface area contributed by atoms with Gasteiger partial charge in [0.2, 0.25) is 0 Å². The average molecular weight is 521 g/mol. The predicted molar refractivity (Wildman–Crippen MR) is 167 cm³/mol. The summed E-state index contributed by atoms with van der Waals surface area (Å²) in [7, 11) is 0. The maximum absolute atomic E-state index is 9.83. The lowest BCUT2D eigenvalue weighted by Gasteiger charge is -2.17. The number of rotatable bonds is 5. The molecule has 4 aromatic carbocycles. The first-order valence-electron chi connectivity index (χ1n) is 13.5. The number of benzene rings is 4. The molecule has 3 heteroatoms. The Morgan fingerprint density at radius 1 is 0.538 bits per heavy atom. The lowest BCUT2D eigenvalue weighted by Crippen LogP contribution is -2.11. The van der Waals surface area contributed by atoms with E-state index in [0.29, 0.717) is 0 Å². The van der Waals surface area contributed by atoms with Crippen molar-refractivity contribution in [3.05, 3.63) is 144 Å². The highest BCUT2D eigenvalue weighted by Gasteiger charge is 2.13.